The molecule has 122 valence electrons. The van der Waals surface area contributed by atoms with E-state index in [1.165, 1.54) is 11.1 Å². The standard InChI is InChI=1S/C19H26N4/c1-3-7-18-14-20-16(2)21-19(18)23-12-10-22(11-13-23)15-17-8-5-4-6-9-17/h4-6,8-9,14H,3,7,10-13,15H2,1-2H3. The summed E-state index contributed by atoms with van der Waals surface area (Å²) in [5, 5.41) is 0. The lowest BCUT2D eigenvalue weighted by molar-refractivity contribution is 0.249. The molecule has 0 spiro atoms. The van der Waals surface area contributed by atoms with Gasteiger partial charge in [0.15, 0.2) is 0 Å². The summed E-state index contributed by atoms with van der Waals surface area (Å²) in [6, 6.07) is 10.7. The number of rotatable bonds is 5. The fourth-order valence-corrected chi connectivity index (χ4v) is 3.16. The molecule has 1 aromatic carbocycles. The van der Waals surface area contributed by atoms with Crippen molar-refractivity contribution in [2.75, 3.05) is 31.1 Å². The Balaban J connectivity index is 1.64. The first-order chi connectivity index (χ1) is 11.3. The van der Waals surface area contributed by atoms with Gasteiger partial charge < -0.3 is 4.90 Å². The molecule has 1 fully saturated rings. The summed E-state index contributed by atoms with van der Waals surface area (Å²) in [4.78, 5) is 14.1. The minimum atomic E-state index is 0.867. The van der Waals surface area contributed by atoms with E-state index in [0.29, 0.717) is 0 Å². The lowest BCUT2D eigenvalue weighted by atomic mass is 10.1. The zero-order valence-corrected chi connectivity index (χ0v) is 14.2. The van der Waals surface area contributed by atoms with E-state index in [9.17, 15) is 0 Å². The second-order valence-electron chi connectivity index (χ2n) is 6.26. The van der Waals surface area contributed by atoms with E-state index in [1.54, 1.807) is 0 Å². The van der Waals surface area contributed by atoms with E-state index in [0.717, 1.165) is 57.2 Å². The summed E-state index contributed by atoms with van der Waals surface area (Å²) in [6.07, 6.45) is 4.20. The summed E-state index contributed by atoms with van der Waals surface area (Å²) >= 11 is 0. The van der Waals surface area contributed by atoms with Gasteiger partial charge in [0.1, 0.15) is 11.6 Å². The van der Waals surface area contributed by atoms with E-state index >= 15 is 0 Å². The van der Waals surface area contributed by atoms with Crippen LogP contribution in [-0.2, 0) is 13.0 Å². The third-order valence-electron chi connectivity index (χ3n) is 4.40. The van der Waals surface area contributed by atoms with Crippen molar-refractivity contribution in [3.05, 3.63) is 53.5 Å². The molecule has 1 aliphatic rings. The van der Waals surface area contributed by atoms with Crippen molar-refractivity contribution in [2.45, 2.75) is 33.2 Å². The summed E-state index contributed by atoms with van der Waals surface area (Å²) in [5.74, 6) is 2.02. The molecule has 0 amide bonds. The summed E-state index contributed by atoms with van der Waals surface area (Å²) < 4.78 is 0. The van der Waals surface area contributed by atoms with Crippen molar-refractivity contribution in [1.29, 1.82) is 0 Å². The van der Waals surface area contributed by atoms with Crippen LogP contribution in [0.5, 0.6) is 0 Å². The highest BCUT2D eigenvalue weighted by atomic mass is 15.3. The Kier molecular flexibility index (Phi) is 5.23. The second kappa shape index (κ2) is 7.55. The minimum absolute atomic E-state index is 0.867. The van der Waals surface area contributed by atoms with Gasteiger partial charge in [-0.25, -0.2) is 9.97 Å². The molecular formula is C19H26N4. The quantitative estimate of drug-likeness (QED) is 0.849. The maximum atomic E-state index is 4.72. The summed E-state index contributed by atoms with van der Waals surface area (Å²) in [5.41, 5.74) is 2.68. The highest BCUT2D eigenvalue weighted by molar-refractivity contribution is 5.46. The Labute approximate surface area is 139 Å². The second-order valence-corrected chi connectivity index (χ2v) is 6.26. The van der Waals surface area contributed by atoms with Gasteiger partial charge in [-0.3, -0.25) is 4.90 Å². The third-order valence-corrected chi connectivity index (χ3v) is 4.40. The zero-order chi connectivity index (χ0) is 16.1. The number of hydrogen-bond donors (Lipinski definition) is 0. The Morgan fingerprint density at radius 1 is 1.04 bits per heavy atom. The van der Waals surface area contributed by atoms with Crippen molar-refractivity contribution in [3.63, 3.8) is 0 Å². The Hall–Kier alpha value is -1.94. The SMILES string of the molecule is CCCc1cnc(C)nc1N1CCN(Cc2ccccc2)CC1. The molecule has 1 aromatic heterocycles. The van der Waals surface area contributed by atoms with Gasteiger partial charge in [0.2, 0.25) is 0 Å². The smallest absolute Gasteiger partial charge is 0.135 e. The van der Waals surface area contributed by atoms with E-state index in [4.69, 9.17) is 4.98 Å². The average Bonchev–Trinajstić information content (AvgIpc) is 2.58. The van der Waals surface area contributed by atoms with Crippen LogP contribution < -0.4 is 4.90 Å². The van der Waals surface area contributed by atoms with Crippen molar-refractivity contribution < 1.29 is 0 Å². The number of aryl methyl sites for hydroxylation is 2. The van der Waals surface area contributed by atoms with Crippen LogP contribution in [0.25, 0.3) is 0 Å². The van der Waals surface area contributed by atoms with Gasteiger partial charge in [0.05, 0.1) is 0 Å². The van der Waals surface area contributed by atoms with Gasteiger partial charge in [0.25, 0.3) is 0 Å². The molecule has 23 heavy (non-hydrogen) atoms. The third kappa shape index (κ3) is 4.08. The first-order valence-corrected chi connectivity index (χ1v) is 8.60. The van der Waals surface area contributed by atoms with Crippen LogP contribution in [-0.4, -0.2) is 41.0 Å². The van der Waals surface area contributed by atoms with Gasteiger partial charge in [-0.15, -0.1) is 0 Å². The van der Waals surface area contributed by atoms with E-state index in [2.05, 4.69) is 52.0 Å². The monoisotopic (exact) mass is 310 g/mol. The predicted octanol–water partition coefficient (Wildman–Crippen LogP) is 3.06. The first kappa shape index (κ1) is 15.9. The zero-order valence-electron chi connectivity index (χ0n) is 14.2. The molecule has 4 heteroatoms. The van der Waals surface area contributed by atoms with Gasteiger partial charge in [0, 0.05) is 44.5 Å². The van der Waals surface area contributed by atoms with Gasteiger partial charge in [-0.05, 0) is 18.9 Å². The molecule has 0 atom stereocenters. The van der Waals surface area contributed by atoms with Gasteiger partial charge in [-0.1, -0.05) is 43.7 Å². The highest BCUT2D eigenvalue weighted by Crippen LogP contribution is 2.21. The minimum Gasteiger partial charge on any atom is -0.354 e. The normalized spacial score (nSPS) is 15.8. The number of nitrogens with zero attached hydrogens (tertiary/aromatic N) is 4. The largest absolute Gasteiger partial charge is 0.354 e. The summed E-state index contributed by atoms with van der Waals surface area (Å²) in [6.45, 7) is 9.48. The lowest BCUT2D eigenvalue weighted by Crippen LogP contribution is -2.46. The molecule has 1 aliphatic heterocycles. The fourth-order valence-electron chi connectivity index (χ4n) is 3.16. The van der Waals surface area contributed by atoms with E-state index in [-0.39, 0.29) is 0 Å². The van der Waals surface area contributed by atoms with Crippen molar-refractivity contribution >= 4 is 5.82 Å². The van der Waals surface area contributed by atoms with E-state index < -0.39 is 0 Å². The van der Waals surface area contributed by atoms with Crippen molar-refractivity contribution in [3.8, 4) is 0 Å². The summed E-state index contributed by atoms with van der Waals surface area (Å²) in [7, 11) is 0. The molecular weight excluding hydrogens is 284 g/mol. The Morgan fingerprint density at radius 3 is 2.48 bits per heavy atom. The molecule has 0 N–H and O–H groups in total. The fraction of sp³-hybridized carbons (Fsp3) is 0.474. The molecule has 0 aliphatic carbocycles. The van der Waals surface area contributed by atoms with Crippen LogP contribution in [0.3, 0.4) is 0 Å². The lowest BCUT2D eigenvalue weighted by Gasteiger charge is -2.36. The van der Waals surface area contributed by atoms with E-state index in [1.807, 2.05) is 13.1 Å². The number of benzene rings is 1. The van der Waals surface area contributed by atoms with Crippen molar-refractivity contribution in [1.82, 2.24) is 14.9 Å². The Morgan fingerprint density at radius 2 is 1.78 bits per heavy atom. The molecule has 0 radical (unpaired) electrons. The molecule has 1 saturated heterocycles. The Bertz CT molecular complexity index is 619. The average molecular weight is 310 g/mol. The maximum Gasteiger partial charge on any atom is 0.135 e. The highest BCUT2D eigenvalue weighted by Gasteiger charge is 2.20. The maximum absolute atomic E-state index is 4.72. The number of hydrogen-bond acceptors (Lipinski definition) is 4. The molecule has 0 bridgehead atoms. The molecule has 2 heterocycles. The number of anilines is 1. The van der Waals surface area contributed by atoms with Crippen LogP contribution in [0.2, 0.25) is 0 Å². The van der Waals surface area contributed by atoms with Crippen LogP contribution in [0.4, 0.5) is 5.82 Å². The molecule has 0 unspecified atom stereocenters. The van der Waals surface area contributed by atoms with Crippen LogP contribution in [0, 0.1) is 6.92 Å². The van der Waals surface area contributed by atoms with Crippen LogP contribution >= 0.6 is 0 Å². The molecule has 3 rings (SSSR count). The molecule has 2 aromatic rings. The molecule has 4 nitrogen and oxygen atoms in total. The number of aromatic nitrogens is 2. The van der Waals surface area contributed by atoms with Crippen LogP contribution in [0.1, 0.15) is 30.3 Å². The predicted molar refractivity (Wildman–Crippen MR) is 94.7 cm³/mol. The number of piperazine rings is 1. The van der Waals surface area contributed by atoms with Gasteiger partial charge >= 0.3 is 0 Å². The van der Waals surface area contributed by atoms with Crippen molar-refractivity contribution in [2.24, 2.45) is 0 Å². The molecule has 0 saturated carbocycles. The van der Waals surface area contributed by atoms with Crippen LogP contribution in [0.15, 0.2) is 36.5 Å². The van der Waals surface area contributed by atoms with Gasteiger partial charge in [-0.2, -0.15) is 0 Å². The first-order valence-electron chi connectivity index (χ1n) is 8.60. The topological polar surface area (TPSA) is 32.3 Å².